The van der Waals surface area contributed by atoms with Crippen LogP contribution in [0.15, 0.2) is 12.3 Å². The molecule has 1 aromatic heterocycles. The van der Waals surface area contributed by atoms with Gasteiger partial charge in [-0.1, -0.05) is 0 Å². The van der Waals surface area contributed by atoms with Crippen molar-refractivity contribution in [3.05, 3.63) is 23.4 Å². The van der Waals surface area contributed by atoms with Crippen molar-refractivity contribution in [2.45, 2.75) is 13.3 Å². The van der Waals surface area contributed by atoms with Gasteiger partial charge in [0.15, 0.2) is 5.78 Å². The van der Waals surface area contributed by atoms with Gasteiger partial charge in [-0.2, -0.15) is 0 Å². The van der Waals surface area contributed by atoms with Crippen LogP contribution in [-0.4, -0.2) is 17.3 Å². The second-order valence-electron chi connectivity index (χ2n) is 2.95. The van der Waals surface area contributed by atoms with Gasteiger partial charge in [0, 0.05) is 19.2 Å². The van der Waals surface area contributed by atoms with Crippen LogP contribution in [0.25, 0.3) is 0 Å². The molecule has 62 valence electrons. The highest BCUT2D eigenvalue weighted by Gasteiger charge is 2.18. The number of fused-ring (bicyclic) bond motifs is 1. The molecule has 2 heterocycles. The lowest BCUT2D eigenvalue weighted by molar-refractivity contribution is 0.0982. The number of carbonyl (C=O) groups excluding carboxylic acids is 1. The summed E-state index contributed by atoms with van der Waals surface area (Å²) in [5, 5.41) is 3.10. The van der Waals surface area contributed by atoms with Gasteiger partial charge in [0.25, 0.3) is 0 Å². The number of ketones is 1. The van der Waals surface area contributed by atoms with Crippen molar-refractivity contribution in [3.8, 4) is 0 Å². The summed E-state index contributed by atoms with van der Waals surface area (Å²) < 4.78 is 0. The first-order valence-electron chi connectivity index (χ1n) is 4.02. The number of hydrogen-bond donors (Lipinski definition) is 1. The number of nitrogens with one attached hydrogen (secondary N) is 1. The van der Waals surface area contributed by atoms with E-state index in [9.17, 15) is 4.79 Å². The minimum absolute atomic E-state index is 0.203. The van der Waals surface area contributed by atoms with E-state index in [4.69, 9.17) is 0 Å². The van der Waals surface area contributed by atoms with E-state index in [1.807, 2.05) is 13.0 Å². The summed E-state index contributed by atoms with van der Waals surface area (Å²) in [6, 6.07) is 1.86. The Labute approximate surface area is 70.8 Å². The van der Waals surface area contributed by atoms with Crippen LogP contribution in [0, 0.1) is 6.92 Å². The topological polar surface area (TPSA) is 42.0 Å². The fraction of sp³-hybridized carbons (Fsp3) is 0.333. The van der Waals surface area contributed by atoms with Gasteiger partial charge < -0.3 is 5.32 Å². The molecule has 3 nitrogen and oxygen atoms in total. The minimum atomic E-state index is 0.203. The minimum Gasteiger partial charge on any atom is -0.369 e. The second-order valence-corrected chi connectivity index (χ2v) is 2.95. The summed E-state index contributed by atoms with van der Waals surface area (Å²) in [4.78, 5) is 15.5. The van der Waals surface area contributed by atoms with Crippen molar-refractivity contribution in [1.82, 2.24) is 4.98 Å². The van der Waals surface area contributed by atoms with Crippen LogP contribution in [0.3, 0.4) is 0 Å². The highest BCUT2D eigenvalue weighted by atomic mass is 16.1. The first-order chi connectivity index (χ1) is 5.79. The van der Waals surface area contributed by atoms with E-state index in [0.29, 0.717) is 13.0 Å². The van der Waals surface area contributed by atoms with E-state index in [2.05, 4.69) is 10.3 Å². The number of anilines is 1. The number of aryl methyl sites for hydroxylation is 1. The van der Waals surface area contributed by atoms with E-state index in [1.54, 1.807) is 6.20 Å². The molecule has 0 aromatic carbocycles. The molecule has 1 aromatic rings. The molecule has 0 unspecified atom stereocenters. The predicted octanol–water partition coefficient (Wildman–Crippen LogP) is 1.39. The van der Waals surface area contributed by atoms with Gasteiger partial charge in [-0.3, -0.25) is 4.79 Å². The second kappa shape index (κ2) is 2.59. The molecule has 1 N–H and O–H groups in total. The van der Waals surface area contributed by atoms with E-state index in [-0.39, 0.29) is 5.78 Å². The van der Waals surface area contributed by atoms with Crippen molar-refractivity contribution < 1.29 is 4.79 Å². The highest BCUT2D eigenvalue weighted by Crippen LogP contribution is 2.21. The van der Waals surface area contributed by atoms with Crippen LogP contribution < -0.4 is 5.32 Å². The molecule has 0 amide bonds. The fourth-order valence-electron chi connectivity index (χ4n) is 1.46. The molecule has 0 saturated carbocycles. The van der Waals surface area contributed by atoms with E-state index in [0.717, 1.165) is 16.9 Å². The number of aromatic nitrogens is 1. The van der Waals surface area contributed by atoms with Crippen LogP contribution in [0.5, 0.6) is 0 Å². The number of pyridine rings is 1. The van der Waals surface area contributed by atoms with Gasteiger partial charge in [0.05, 0.1) is 5.56 Å². The number of carbonyl (C=O) groups is 1. The third-order valence-corrected chi connectivity index (χ3v) is 2.08. The van der Waals surface area contributed by atoms with Gasteiger partial charge in [0.1, 0.15) is 5.82 Å². The Bertz CT molecular complexity index is 333. The predicted molar refractivity (Wildman–Crippen MR) is 46.4 cm³/mol. The van der Waals surface area contributed by atoms with Crippen molar-refractivity contribution >= 4 is 11.6 Å². The largest absolute Gasteiger partial charge is 0.369 e. The molecule has 0 aliphatic carbocycles. The van der Waals surface area contributed by atoms with E-state index >= 15 is 0 Å². The first kappa shape index (κ1) is 7.28. The molecule has 2 rings (SSSR count). The Kier molecular flexibility index (Phi) is 1.57. The summed E-state index contributed by atoms with van der Waals surface area (Å²) in [6.07, 6.45) is 2.30. The zero-order valence-corrected chi connectivity index (χ0v) is 6.92. The Morgan fingerprint density at radius 2 is 2.42 bits per heavy atom. The van der Waals surface area contributed by atoms with Gasteiger partial charge in [0.2, 0.25) is 0 Å². The molecule has 0 atom stereocenters. The number of rotatable bonds is 0. The van der Waals surface area contributed by atoms with Crippen molar-refractivity contribution in [1.29, 1.82) is 0 Å². The number of Topliss-reactive ketones (excluding diaryl/α,β-unsaturated/α-hetero) is 1. The Hall–Kier alpha value is -1.38. The van der Waals surface area contributed by atoms with Crippen LogP contribution in [-0.2, 0) is 0 Å². The molecule has 0 spiro atoms. The molecule has 0 fully saturated rings. The monoisotopic (exact) mass is 162 g/mol. The average Bonchev–Trinajstić information content (AvgIpc) is 2.04. The summed E-state index contributed by atoms with van der Waals surface area (Å²) in [5.74, 6) is 0.945. The zero-order valence-electron chi connectivity index (χ0n) is 6.92. The van der Waals surface area contributed by atoms with Crippen LogP contribution in [0.1, 0.15) is 22.3 Å². The maximum absolute atomic E-state index is 11.4. The van der Waals surface area contributed by atoms with Gasteiger partial charge >= 0.3 is 0 Å². The quantitative estimate of drug-likeness (QED) is 0.626. The molecule has 12 heavy (non-hydrogen) atoms. The van der Waals surface area contributed by atoms with Crippen LogP contribution in [0.4, 0.5) is 5.82 Å². The third kappa shape index (κ3) is 0.978. The summed E-state index contributed by atoms with van der Waals surface area (Å²) >= 11 is 0. The fourth-order valence-corrected chi connectivity index (χ4v) is 1.46. The lowest BCUT2D eigenvalue weighted by Gasteiger charge is -2.16. The van der Waals surface area contributed by atoms with Gasteiger partial charge in [-0.25, -0.2) is 4.98 Å². The van der Waals surface area contributed by atoms with Crippen LogP contribution >= 0.6 is 0 Å². The van der Waals surface area contributed by atoms with Crippen LogP contribution in [0.2, 0.25) is 0 Å². The number of nitrogens with zero attached hydrogens (tertiary/aromatic N) is 1. The molecule has 0 radical (unpaired) electrons. The van der Waals surface area contributed by atoms with Crippen molar-refractivity contribution in [2.75, 3.05) is 11.9 Å². The van der Waals surface area contributed by atoms with E-state index in [1.165, 1.54) is 0 Å². The molecular formula is C9H10N2O. The molecule has 0 bridgehead atoms. The highest BCUT2D eigenvalue weighted by molar-refractivity contribution is 6.03. The average molecular weight is 162 g/mol. The van der Waals surface area contributed by atoms with Gasteiger partial charge in [-0.05, 0) is 18.6 Å². The zero-order chi connectivity index (χ0) is 8.55. The van der Waals surface area contributed by atoms with Gasteiger partial charge in [-0.15, -0.1) is 0 Å². The lowest BCUT2D eigenvalue weighted by atomic mass is 10.0. The third-order valence-electron chi connectivity index (χ3n) is 2.08. The maximum atomic E-state index is 11.4. The van der Waals surface area contributed by atoms with Crippen molar-refractivity contribution in [2.24, 2.45) is 0 Å². The summed E-state index contributed by atoms with van der Waals surface area (Å²) in [5.41, 5.74) is 1.78. The normalized spacial score (nSPS) is 15.2. The Morgan fingerprint density at radius 3 is 3.17 bits per heavy atom. The SMILES string of the molecule is Cc1ccnc2c1C(=O)CCN2. The molecule has 3 heteroatoms. The lowest BCUT2D eigenvalue weighted by Crippen LogP contribution is -2.20. The molecule has 0 saturated heterocycles. The van der Waals surface area contributed by atoms with Crippen molar-refractivity contribution in [3.63, 3.8) is 0 Å². The summed E-state index contributed by atoms with van der Waals surface area (Å²) in [7, 11) is 0. The molecule has 1 aliphatic heterocycles. The Morgan fingerprint density at radius 1 is 1.58 bits per heavy atom. The molecular weight excluding hydrogens is 152 g/mol. The Balaban J connectivity index is 2.60. The molecule has 1 aliphatic rings. The standard InChI is InChI=1S/C9H10N2O/c1-6-2-4-10-9-8(6)7(12)3-5-11-9/h2,4H,3,5H2,1H3,(H,10,11). The smallest absolute Gasteiger partial charge is 0.168 e. The summed E-state index contributed by atoms with van der Waals surface area (Å²) in [6.45, 7) is 2.65. The first-order valence-corrected chi connectivity index (χ1v) is 4.02. The maximum Gasteiger partial charge on any atom is 0.168 e. The van der Waals surface area contributed by atoms with E-state index < -0.39 is 0 Å². The number of hydrogen-bond acceptors (Lipinski definition) is 3.